The van der Waals surface area contributed by atoms with Gasteiger partial charge in [-0.05, 0) is 108 Å². The molecule has 0 unspecified atom stereocenters. The third kappa shape index (κ3) is 4.35. The predicted octanol–water partition coefficient (Wildman–Crippen LogP) is 6.69. The molecule has 0 heterocycles. The summed E-state index contributed by atoms with van der Waals surface area (Å²) in [6.45, 7) is 0. The summed E-state index contributed by atoms with van der Waals surface area (Å²) in [6.07, 6.45) is 7.64. The van der Waals surface area contributed by atoms with Gasteiger partial charge in [-0.2, -0.15) is 0 Å². The zero-order chi connectivity index (χ0) is 22.9. The second-order valence-electron chi connectivity index (χ2n) is 9.95. The first-order valence-electron chi connectivity index (χ1n) is 12.7. The molecule has 4 aromatic rings. The summed E-state index contributed by atoms with van der Waals surface area (Å²) in [6, 6.07) is 31.3. The number of hydrogen-bond donors (Lipinski definition) is 0. The van der Waals surface area contributed by atoms with Crippen LogP contribution in [0.3, 0.4) is 0 Å². The van der Waals surface area contributed by atoms with Crippen LogP contribution in [0.4, 0.5) is 0 Å². The van der Waals surface area contributed by atoms with E-state index < -0.39 is 0 Å². The molecule has 12 rings (SSSR count). The van der Waals surface area contributed by atoms with Crippen LogP contribution in [0.15, 0.2) is 84.9 Å². The number of hydrogen-bond acceptors (Lipinski definition) is 1. The Morgan fingerprint density at radius 3 is 1.06 bits per heavy atom. The van der Waals surface area contributed by atoms with Crippen LogP contribution in [0, 0.1) is 0 Å². The Kier molecular flexibility index (Phi) is 5.63. The summed E-state index contributed by atoms with van der Waals surface area (Å²) in [7, 11) is 0. The zero-order valence-corrected chi connectivity index (χ0v) is 19.6. The van der Waals surface area contributed by atoms with Crippen LogP contribution in [-0.4, -0.2) is 5.78 Å². The van der Waals surface area contributed by atoms with Crippen LogP contribution in [0.25, 0.3) is 0 Å². The molecule has 1 nitrogen and oxygen atoms in total. The average molecular weight is 443 g/mol. The zero-order valence-electron chi connectivity index (χ0n) is 19.6. The largest absolute Gasteiger partial charge is 0.289 e. The fourth-order valence-electron chi connectivity index (χ4n) is 5.44. The average Bonchev–Trinajstić information content (AvgIpc) is 2.87. The summed E-state index contributed by atoms with van der Waals surface area (Å²) in [5.74, 6) is 0.200. The van der Waals surface area contributed by atoms with E-state index in [-0.39, 0.29) is 5.78 Å². The molecular formula is C33H30O. The molecule has 8 aliphatic rings. The first kappa shape index (κ1) is 21.1. The van der Waals surface area contributed by atoms with Gasteiger partial charge in [-0.15, -0.1) is 0 Å². The number of benzene rings is 4. The highest BCUT2D eigenvalue weighted by molar-refractivity contribution is 6.11. The number of aryl methyl sites for hydroxylation is 8. The normalized spacial score (nSPS) is 14.8. The van der Waals surface area contributed by atoms with Crippen LogP contribution >= 0.6 is 0 Å². The second-order valence-corrected chi connectivity index (χ2v) is 9.95. The Labute approximate surface area is 202 Å². The fourth-order valence-corrected chi connectivity index (χ4v) is 5.44. The Hall–Kier alpha value is -3.45. The van der Waals surface area contributed by atoms with Crippen molar-refractivity contribution >= 4 is 5.78 Å². The molecule has 0 aliphatic heterocycles. The van der Waals surface area contributed by atoms with Crippen molar-refractivity contribution in [3.8, 4) is 0 Å². The quantitative estimate of drug-likeness (QED) is 0.316. The van der Waals surface area contributed by atoms with Crippen molar-refractivity contribution in [3.63, 3.8) is 0 Å². The van der Waals surface area contributed by atoms with E-state index >= 15 is 0 Å². The van der Waals surface area contributed by atoms with Crippen molar-refractivity contribution < 1.29 is 4.79 Å². The Morgan fingerprint density at radius 2 is 0.676 bits per heavy atom. The van der Waals surface area contributed by atoms with Gasteiger partial charge in [-0.25, -0.2) is 0 Å². The van der Waals surface area contributed by atoms with E-state index in [1.54, 1.807) is 0 Å². The molecule has 0 atom stereocenters. The van der Waals surface area contributed by atoms with Gasteiger partial charge < -0.3 is 0 Å². The summed E-state index contributed by atoms with van der Waals surface area (Å²) >= 11 is 0. The molecule has 4 aromatic carbocycles. The van der Waals surface area contributed by atoms with E-state index in [1.165, 1.54) is 44.5 Å². The molecule has 0 spiro atoms. The van der Waals surface area contributed by atoms with Gasteiger partial charge in [-0.1, -0.05) is 72.8 Å². The maximum atomic E-state index is 14.1. The van der Waals surface area contributed by atoms with Crippen molar-refractivity contribution in [1.29, 1.82) is 0 Å². The van der Waals surface area contributed by atoms with Gasteiger partial charge in [0.2, 0.25) is 0 Å². The summed E-state index contributed by atoms with van der Waals surface area (Å²) in [5.41, 5.74) is 12.1. The smallest absolute Gasteiger partial charge is 0.193 e. The van der Waals surface area contributed by atoms with Crippen molar-refractivity contribution in [3.05, 3.63) is 141 Å². The maximum Gasteiger partial charge on any atom is 0.193 e. The van der Waals surface area contributed by atoms with Crippen LogP contribution in [0.1, 0.15) is 60.4 Å². The lowest BCUT2D eigenvalue weighted by molar-refractivity contribution is 0.103. The van der Waals surface area contributed by atoms with Gasteiger partial charge in [0.1, 0.15) is 0 Å². The third-order valence-corrected chi connectivity index (χ3v) is 7.65. The van der Waals surface area contributed by atoms with Crippen molar-refractivity contribution in [2.75, 3.05) is 0 Å². The van der Waals surface area contributed by atoms with Crippen LogP contribution in [0.2, 0.25) is 0 Å². The Morgan fingerprint density at radius 1 is 0.382 bits per heavy atom. The van der Waals surface area contributed by atoms with E-state index in [0.29, 0.717) is 0 Å². The number of ketones is 1. The number of rotatable bonds is 2. The summed E-state index contributed by atoms with van der Waals surface area (Å²) in [4.78, 5) is 14.1. The summed E-state index contributed by atoms with van der Waals surface area (Å²) in [5, 5.41) is 0. The molecule has 1 heteroatoms. The van der Waals surface area contributed by atoms with Crippen LogP contribution in [0.5, 0.6) is 0 Å². The van der Waals surface area contributed by atoms with Crippen molar-refractivity contribution in [2.24, 2.45) is 0 Å². The Bertz CT molecular complexity index is 1240. The number of carbonyl (C=O) groups excluding carboxylic acids is 1. The highest BCUT2D eigenvalue weighted by Gasteiger charge is 2.19. The van der Waals surface area contributed by atoms with E-state index in [0.717, 1.165) is 62.5 Å². The maximum absolute atomic E-state index is 14.1. The molecule has 34 heavy (non-hydrogen) atoms. The molecule has 8 aliphatic carbocycles. The van der Waals surface area contributed by atoms with Crippen LogP contribution < -0.4 is 0 Å². The van der Waals surface area contributed by atoms with E-state index in [9.17, 15) is 4.79 Å². The van der Waals surface area contributed by atoms with E-state index in [4.69, 9.17) is 0 Å². The van der Waals surface area contributed by atoms with E-state index in [2.05, 4.69) is 84.9 Å². The first-order chi connectivity index (χ1) is 16.7. The van der Waals surface area contributed by atoms with Crippen LogP contribution in [-0.2, 0) is 51.4 Å². The first-order valence-corrected chi connectivity index (χ1v) is 12.7. The van der Waals surface area contributed by atoms with Gasteiger partial charge >= 0.3 is 0 Å². The lowest BCUT2D eigenvalue weighted by atomic mass is 9.86. The molecular weight excluding hydrogens is 412 g/mol. The molecule has 0 amide bonds. The van der Waals surface area contributed by atoms with E-state index in [1.807, 2.05) is 0 Å². The molecule has 0 aromatic heterocycles. The van der Waals surface area contributed by atoms with Gasteiger partial charge in [0.05, 0.1) is 0 Å². The highest BCUT2D eigenvalue weighted by Crippen LogP contribution is 2.26. The minimum absolute atomic E-state index is 0.200. The molecule has 0 saturated carbocycles. The molecule has 8 bridgehead atoms. The summed E-state index contributed by atoms with van der Waals surface area (Å²) < 4.78 is 0. The van der Waals surface area contributed by atoms with Gasteiger partial charge in [-0.3, -0.25) is 4.79 Å². The van der Waals surface area contributed by atoms with Gasteiger partial charge in [0.25, 0.3) is 0 Å². The number of carbonyl (C=O) groups is 1. The van der Waals surface area contributed by atoms with Gasteiger partial charge in [0.15, 0.2) is 5.78 Å². The molecule has 168 valence electrons. The predicted molar refractivity (Wildman–Crippen MR) is 139 cm³/mol. The standard InChI is InChI=1S/C33H30O/c34-33(31-21-27-11-9-23-1-5-25(6-2-23)13-17-29(31)19-15-27)32-22-28-12-10-24-3-7-26(8-4-24)14-18-30(32)20-16-28/h1-8,15-16,19-22H,9-14,17-18H2. The second kappa shape index (κ2) is 9.06. The topological polar surface area (TPSA) is 17.1 Å². The minimum Gasteiger partial charge on any atom is -0.289 e. The molecule has 0 fully saturated rings. The fraction of sp³-hybridized carbons (Fsp3) is 0.242. The highest BCUT2D eigenvalue weighted by atomic mass is 16.1. The molecule has 0 saturated heterocycles. The monoisotopic (exact) mass is 442 g/mol. The lowest BCUT2D eigenvalue weighted by Crippen LogP contribution is -2.12. The SMILES string of the molecule is O=C(c1cc2ccc1CCc1ccc(cc1)CC2)c1cc2ccc1CCc1ccc(cc1)CC2. The van der Waals surface area contributed by atoms with Gasteiger partial charge in [0, 0.05) is 11.1 Å². The minimum atomic E-state index is 0.200. The molecule has 0 N–H and O–H groups in total. The lowest BCUT2D eigenvalue weighted by Gasteiger charge is -2.17. The van der Waals surface area contributed by atoms with Crippen molar-refractivity contribution in [2.45, 2.75) is 51.4 Å². The molecule has 0 radical (unpaired) electrons. The third-order valence-electron chi connectivity index (χ3n) is 7.65. The Balaban J connectivity index is 1.38. The van der Waals surface area contributed by atoms with Crippen molar-refractivity contribution in [1.82, 2.24) is 0 Å².